The smallest absolute Gasteiger partial charge is 0.213 e. The van der Waals surface area contributed by atoms with Gasteiger partial charge in [-0.15, -0.1) is 0 Å². The second kappa shape index (κ2) is 3.25. The van der Waals surface area contributed by atoms with E-state index in [0.29, 0.717) is 5.69 Å². The summed E-state index contributed by atoms with van der Waals surface area (Å²) in [6, 6.07) is 2.84. The minimum atomic E-state index is -0.551. The van der Waals surface area contributed by atoms with Gasteiger partial charge in [0.15, 0.2) is 0 Å². The molecule has 1 N–H and O–H groups in total. The van der Waals surface area contributed by atoms with E-state index in [1.807, 2.05) is 22.6 Å². The van der Waals surface area contributed by atoms with E-state index in [1.165, 1.54) is 6.07 Å². The molecule has 0 aliphatic carbocycles. The van der Waals surface area contributed by atoms with Crippen LogP contribution < -0.4 is 0 Å². The Hall–Kier alpha value is -0.230. The summed E-state index contributed by atoms with van der Waals surface area (Å²) >= 11 is 1.99. The molecule has 0 unspecified atom stereocenters. The zero-order valence-corrected chi connectivity index (χ0v) is 7.17. The first kappa shape index (κ1) is 7.87. The van der Waals surface area contributed by atoms with Gasteiger partial charge >= 0.3 is 0 Å². The van der Waals surface area contributed by atoms with Gasteiger partial charge in [-0.25, -0.2) is 4.98 Å². The number of rotatable bonds is 1. The molecule has 0 aliphatic heterocycles. The molecule has 0 aliphatic rings. The van der Waals surface area contributed by atoms with Crippen molar-refractivity contribution in [2.24, 2.45) is 0 Å². The van der Waals surface area contributed by atoms with Crippen LogP contribution in [0.3, 0.4) is 0 Å². The van der Waals surface area contributed by atoms with E-state index in [4.69, 9.17) is 5.11 Å². The SMILES string of the molecule is OCc1nc(F)ccc1I. The van der Waals surface area contributed by atoms with Crippen molar-refractivity contribution in [3.05, 3.63) is 27.3 Å². The average Bonchev–Trinajstić information content (AvgIpc) is 1.94. The van der Waals surface area contributed by atoms with Crippen LogP contribution in [0, 0.1) is 9.52 Å². The second-order valence-corrected chi connectivity index (χ2v) is 2.88. The fraction of sp³-hybridized carbons (Fsp3) is 0.167. The summed E-state index contributed by atoms with van der Waals surface area (Å²) in [6.45, 7) is -0.212. The van der Waals surface area contributed by atoms with E-state index in [9.17, 15) is 4.39 Å². The van der Waals surface area contributed by atoms with Gasteiger partial charge in [-0.05, 0) is 34.7 Å². The van der Waals surface area contributed by atoms with E-state index >= 15 is 0 Å². The Labute approximate surface area is 71.2 Å². The van der Waals surface area contributed by atoms with Crippen molar-refractivity contribution in [3.8, 4) is 0 Å². The molecule has 1 rings (SSSR count). The summed E-state index contributed by atoms with van der Waals surface area (Å²) in [5.41, 5.74) is 0.389. The Bertz CT molecular complexity index is 241. The quantitative estimate of drug-likeness (QED) is 0.604. The summed E-state index contributed by atoms with van der Waals surface area (Å²) in [4.78, 5) is 3.47. The zero-order valence-electron chi connectivity index (χ0n) is 5.01. The molecule has 1 heterocycles. The molecule has 0 fully saturated rings. The Morgan fingerprint density at radius 3 is 2.80 bits per heavy atom. The molecule has 0 spiro atoms. The molecule has 0 bridgehead atoms. The first-order valence-electron chi connectivity index (χ1n) is 2.66. The van der Waals surface area contributed by atoms with E-state index in [1.54, 1.807) is 6.07 Å². The molecule has 0 aromatic carbocycles. The second-order valence-electron chi connectivity index (χ2n) is 1.72. The fourth-order valence-corrected chi connectivity index (χ4v) is 1.04. The van der Waals surface area contributed by atoms with Crippen molar-refractivity contribution >= 4 is 22.6 Å². The summed E-state index contributed by atoms with van der Waals surface area (Å²) < 4.78 is 13.1. The van der Waals surface area contributed by atoms with Crippen molar-refractivity contribution in [1.29, 1.82) is 0 Å². The third-order valence-corrected chi connectivity index (χ3v) is 2.02. The van der Waals surface area contributed by atoms with E-state index in [0.717, 1.165) is 3.57 Å². The molecule has 1 aromatic rings. The molecule has 10 heavy (non-hydrogen) atoms. The molecule has 0 saturated heterocycles. The van der Waals surface area contributed by atoms with Crippen LogP contribution in [0.15, 0.2) is 12.1 Å². The highest BCUT2D eigenvalue weighted by Gasteiger charge is 1.99. The van der Waals surface area contributed by atoms with Crippen LogP contribution >= 0.6 is 22.6 Å². The lowest BCUT2D eigenvalue weighted by Gasteiger charge is -1.97. The third-order valence-electron chi connectivity index (χ3n) is 1.03. The molecular weight excluding hydrogens is 248 g/mol. The number of aromatic nitrogens is 1. The first-order valence-corrected chi connectivity index (χ1v) is 3.73. The number of nitrogens with zero attached hydrogens (tertiary/aromatic N) is 1. The standard InChI is InChI=1S/C6H5FINO/c7-6-2-1-4(8)5(3-10)9-6/h1-2,10H,3H2. The van der Waals surface area contributed by atoms with Crippen molar-refractivity contribution in [1.82, 2.24) is 4.98 Å². The van der Waals surface area contributed by atoms with Crippen molar-refractivity contribution in [2.45, 2.75) is 6.61 Å². The fourth-order valence-electron chi connectivity index (χ4n) is 0.569. The van der Waals surface area contributed by atoms with Gasteiger partial charge in [0.2, 0.25) is 5.95 Å². The van der Waals surface area contributed by atoms with Crippen molar-refractivity contribution in [3.63, 3.8) is 0 Å². The lowest BCUT2D eigenvalue weighted by Crippen LogP contribution is -1.95. The van der Waals surface area contributed by atoms with Gasteiger partial charge in [0.25, 0.3) is 0 Å². The number of aliphatic hydroxyl groups is 1. The van der Waals surface area contributed by atoms with Gasteiger partial charge in [0.05, 0.1) is 12.3 Å². The molecule has 54 valence electrons. The van der Waals surface area contributed by atoms with Crippen LogP contribution in [0.2, 0.25) is 0 Å². The lowest BCUT2D eigenvalue weighted by molar-refractivity contribution is 0.274. The minimum Gasteiger partial charge on any atom is -0.390 e. The highest BCUT2D eigenvalue weighted by Crippen LogP contribution is 2.09. The first-order chi connectivity index (χ1) is 4.74. The predicted octanol–water partition coefficient (Wildman–Crippen LogP) is 1.32. The lowest BCUT2D eigenvalue weighted by atomic mass is 10.4. The van der Waals surface area contributed by atoms with E-state index in [2.05, 4.69) is 4.98 Å². The summed E-state index contributed by atoms with van der Waals surface area (Å²) in [7, 11) is 0. The van der Waals surface area contributed by atoms with Gasteiger partial charge in [-0.1, -0.05) is 0 Å². The number of halogens is 2. The molecule has 0 atom stereocenters. The number of hydrogen-bond acceptors (Lipinski definition) is 2. The topological polar surface area (TPSA) is 33.1 Å². The van der Waals surface area contributed by atoms with Gasteiger partial charge in [-0.3, -0.25) is 0 Å². The van der Waals surface area contributed by atoms with Gasteiger partial charge in [0, 0.05) is 3.57 Å². The van der Waals surface area contributed by atoms with E-state index in [-0.39, 0.29) is 6.61 Å². The number of pyridine rings is 1. The maximum absolute atomic E-state index is 12.3. The van der Waals surface area contributed by atoms with Crippen LogP contribution in [-0.4, -0.2) is 10.1 Å². The van der Waals surface area contributed by atoms with Crippen molar-refractivity contribution < 1.29 is 9.50 Å². The maximum Gasteiger partial charge on any atom is 0.213 e. The van der Waals surface area contributed by atoms with Crippen LogP contribution in [0.4, 0.5) is 4.39 Å². The molecule has 1 aromatic heterocycles. The largest absolute Gasteiger partial charge is 0.390 e. The van der Waals surface area contributed by atoms with Crippen LogP contribution in [0.25, 0.3) is 0 Å². The number of aliphatic hydroxyl groups excluding tert-OH is 1. The Balaban J connectivity index is 3.09. The summed E-state index contributed by atoms with van der Waals surface area (Å²) in [6.07, 6.45) is 0. The Morgan fingerprint density at radius 1 is 1.60 bits per heavy atom. The monoisotopic (exact) mass is 253 g/mol. The Kier molecular flexibility index (Phi) is 2.56. The minimum absolute atomic E-state index is 0.212. The van der Waals surface area contributed by atoms with E-state index < -0.39 is 5.95 Å². The van der Waals surface area contributed by atoms with Crippen molar-refractivity contribution in [2.75, 3.05) is 0 Å². The van der Waals surface area contributed by atoms with Gasteiger partial charge < -0.3 is 5.11 Å². The Morgan fingerprint density at radius 2 is 2.30 bits per heavy atom. The normalized spacial score (nSPS) is 9.90. The average molecular weight is 253 g/mol. The molecular formula is C6H5FINO. The highest BCUT2D eigenvalue weighted by atomic mass is 127. The molecule has 4 heteroatoms. The highest BCUT2D eigenvalue weighted by molar-refractivity contribution is 14.1. The summed E-state index contributed by atoms with van der Waals surface area (Å²) in [5.74, 6) is -0.551. The van der Waals surface area contributed by atoms with Gasteiger partial charge in [-0.2, -0.15) is 4.39 Å². The molecule has 0 radical (unpaired) electrons. The molecule has 2 nitrogen and oxygen atoms in total. The zero-order chi connectivity index (χ0) is 7.56. The molecule has 0 amide bonds. The van der Waals surface area contributed by atoms with Gasteiger partial charge in [0.1, 0.15) is 0 Å². The predicted molar refractivity (Wildman–Crippen MR) is 42.8 cm³/mol. The van der Waals surface area contributed by atoms with Crippen LogP contribution in [0.5, 0.6) is 0 Å². The maximum atomic E-state index is 12.3. The third kappa shape index (κ3) is 1.63. The van der Waals surface area contributed by atoms with Crippen LogP contribution in [0.1, 0.15) is 5.69 Å². The number of hydrogen-bond donors (Lipinski definition) is 1. The van der Waals surface area contributed by atoms with Crippen LogP contribution in [-0.2, 0) is 6.61 Å². The summed E-state index contributed by atoms with van der Waals surface area (Å²) in [5, 5.41) is 8.61. The molecule has 0 saturated carbocycles.